The van der Waals surface area contributed by atoms with Crippen molar-refractivity contribution in [3.63, 3.8) is 0 Å². The summed E-state index contributed by atoms with van der Waals surface area (Å²) < 4.78 is 0. The van der Waals surface area contributed by atoms with E-state index >= 15 is 0 Å². The molecule has 0 heterocycles. The molecule has 0 bridgehead atoms. The summed E-state index contributed by atoms with van der Waals surface area (Å²) >= 11 is 5.90. The molecule has 0 radical (unpaired) electrons. The smallest absolute Gasteiger partial charge is 0.251 e. The van der Waals surface area contributed by atoms with Gasteiger partial charge in [0.2, 0.25) is 5.91 Å². The van der Waals surface area contributed by atoms with Crippen LogP contribution >= 0.6 is 11.6 Å². The normalized spacial score (nSPS) is 10.1. The highest BCUT2D eigenvalue weighted by Crippen LogP contribution is 2.11. The van der Waals surface area contributed by atoms with Crippen LogP contribution in [0.15, 0.2) is 48.5 Å². The molecule has 2 rings (SSSR count). The van der Waals surface area contributed by atoms with Crippen molar-refractivity contribution in [2.75, 3.05) is 0 Å². The monoisotopic (exact) mass is 316 g/mol. The summed E-state index contributed by atoms with van der Waals surface area (Å²) in [5, 5.41) is 6.20. The number of benzene rings is 2. The zero-order valence-corrected chi connectivity index (χ0v) is 13.0. The Morgan fingerprint density at radius 3 is 2.27 bits per heavy atom. The molecule has 0 atom stereocenters. The van der Waals surface area contributed by atoms with Crippen molar-refractivity contribution in [1.82, 2.24) is 10.6 Å². The number of hydrogen-bond acceptors (Lipinski definition) is 2. The fraction of sp³-hybridized carbons (Fsp3) is 0.176. The Hall–Kier alpha value is -2.33. The molecule has 0 unspecified atom stereocenters. The van der Waals surface area contributed by atoms with E-state index in [4.69, 9.17) is 11.6 Å². The third-order valence-electron chi connectivity index (χ3n) is 3.10. The molecule has 5 heteroatoms. The van der Waals surface area contributed by atoms with E-state index in [1.165, 1.54) is 6.92 Å². The zero-order valence-electron chi connectivity index (χ0n) is 12.2. The highest BCUT2D eigenvalue weighted by molar-refractivity contribution is 6.30. The van der Waals surface area contributed by atoms with Gasteiger partial charge in [-0.25, -0.2) is 0 Å². The molecule has 22 heavy (non-hydrogen) atoms. The average Bonchev–Trinajstić information content (AvgIpc) is 2.51. The molecule has 0 aliphatic carbocycles. The fourth-order valence-corrected chi connectivity index (χ4v) is 2.14. The van der Waals surface area contributed by atoms with E-state index in [2.05, 4.69) is 10.6 Å². The van der Waals surface area contributed by atoms with Crippen molar-refractivity contribution >= 4 is 23.4 Å². The van der Waals surface area contributed by atoms with Gasteiger partial charge < -0.3 is 10.6 Å². The lowest BCUT2D eigenvalue weighted by Gasteiger charge is -2.07. The number of halogens is 1. The van der Waals surface area contributed by atoms with Gasteiger partial charge in [0, 0.05) is 30.6 Å². The summed E-state index contributed by atoms with van der Waals surface area (Å²) in [6.45, 7) is 2.35. The standard InChI is InChI=1S/C17H17ClN2O2/c1-12(21)19-10-13-5-7-15(8-6-13)17(22)20-11-14-3-2-4-16(18)9-14/h2-9H,10-11H2,1H3,(H,19,21)(H,20,22). The molecule has 4 nitrogen and oxygen atoms in total. The first-order valence-corrected chi connectivity index (χ1v) is 7.28. The summed E-state index contributed by atoms with van der Waals surface area (Å²) in [7, 11) is 0. The number of rotatable bonds is 5. The van der Waals surface area contributed by atoms with Crippen LogP contribution in [0.5, 0.6) is 0 Å². The molecule has 0 aliphatic rings. The van der Waals surface area contributed by atoms with Gasteiger partial charge in [0.25, 0.3) is 5.91 Å². The molecule has 0 spiro atoms. The molecule has 0 fully saturated rings. The summed E-state index contributed by atoms with van der Waals surface area (Å²) in [6.07, 6.45) is 0. The SMILES string of the molecule is CC(=O)NCc1ccc(C(=O)NCc2cccc(Cl)c2)cc1. The van der Waals surface area contributed by atoms with Gasteiger partial charge in [0.05, 0.1) is 0 Å². The van der Waals surface area contributed by atoms with Gasteiger partial charge in [-0.1, -0.05) is 35.9 Å². The minimum atomic E-state index is -0.147. The second kappa shape index (κ2) is 7.61. The third-order valence-corrected chi connectivity index (χ3v) is 3.33. The maximum atomic E-state index is 12.1. The predicted octanol–water partition coefficient (Wildman–Crippen LogP) is 2.91. The lowest BCUT2D eigenvalue weighted by atomic mass is 10.1. The van der Waals surface area contributed by atoms with Crippen LogP contribution in [0.25, 0.3) is 0 Å². The Morgan fingerprint density at radius 1 is 0.955 bits per heavy atom. The zero-order chi connectivity index (χ0) is 15.9. The maximum absolute atomic E-state index is 12.1. The molecule has 2 N–H and O–H groups in total. The van der Waals surface area contributed by atoms with Crippen molar-refractivity contribution in [3.05, 3.63) is 70.2 Å². The van der Waals surface area contributed by atoms with Gasteiger partial charge in [-0.2, -0.15) is 0 Å². The van der Waals surface area contributed by atoms with Crippen LogP contribution in [0.1, 0.15) is 28.4 Å². The summed E-state index contributed by atoms with van der Waals surface area (Å²) in [4.78, 5) is 22.9. The Morgan fingerprint density at radius 2 is 1.64 bits per heavy atom. The number of amides is 2. The Balaban J connectivity index is 1.91. The van der Waals surface area contributed by atoms with Crippen LogP contribution in [0.2, 0.25) is 5.02 Å². The van der Waals surface area contributed by atoms with Crippen molar-refractivity contribution in [2.24, 2.45) is 0 Å². The number of carbonyl (C=O) groups is 2. The largest absolute Gasteiger partial charge is 0.352 e. The summed E-state index contributed by atoms with van der Waals surface area (Å²) in [6, 6.07) is 14.5. The summed E-state index contributed by atoms with van der Waals surface area (Å²) in [5.41, 5.74) is 2.47. The van der Waals surface area contributed by atoms with Gasteiger partial charge in [0.15, 0.2) is 0 Å². The Bertz CT molecular complexity index is 669. The van der Waals surface area contributed by atoms with E-state index in [9.17, 15) is 9.59 Å². The van der Waals surface area contributed by atoms with E-state index in [1.54, 1.807) is 18.2 Å². The lowest BCUT2D eigenvalue weighted by molar-refractivity contribution is -0.119. The third kappa shape index (κ3) is 4.90. The van der Waals surface area contributed by atoms with Gasteiger partial charge in [-0.15, -0.1) is 0 Å². The van der Waals surface area contributed by atoms with Crippen LogP contribution < -0.4 is 10.6 Å². The molecule has 2 amide bonds. The first-order valence-electron chi connectivity index (χ1n) is 6.90. The minimum Gasteiger partial charge on any atom is -0.352 e. The van der Waals surface area contributed by atoms with Gasteiger partial charge >= 0.3 is 0 Å². The molecule has 2 aromatic rings. The molecular formula is C17H17ClN2O2. The van der Waals surface area contributed by atoms with E-state index < -0.39 is 0 Å². The van der Waals surface area contributed by atoms with Crippen molar-refractivity contribution in [3.8, 4) is 0 Å². The van der Waals surface area contributed by atoms with Crippen LogP contribution in [0.4, 0.5) is 0 Å². The second-order valence-corrected chi connectivity index (χ2v) is 5.36. The van der Waals surface area contributed by atoms with Gasteiger partial charge in [-0.3, -0.25) is 9.59 Å². The van der Waals surface area contributed by atoms with Crippen molar-refractivity contribution in [1.29, 1.82) is 0 Å². The van der Waals surface area contributed by atoms with Crippen LogP contribution in [0.3, 0.4) is 0 Å². The summed E-state index contributed by atoms with van der Waals surface area (Å²) in [5.74, 6) is -0.227. The molecule has 0 aliphatic heterocycles. The number of hydrogen-bond donors (Lipinski definition) is 2. The van der Waals surface area contributed by atoms with Crippen molar-refractivity contribution < 1.29 is 9.59 Å². The Kier molecular flexibility index (Phi) is 5.55. The van der Waals surface area contributed by atoms with Gasteiger partial charge in [0.1, 0.15) is 0 Å². The Labute approximate surface area is 134 Å². The van der Waals surface area contributed by atoms with E-state index in [0.29, 0.717) is 23.7 Å². The second-order valence-electron chi connectivity index (χ2n) is 4.92. The highest BCUT2D eigenvalue weighted by Gasteiger charge is 2.05. The fourth-order valence-electron chi connectivity index (χ4n) is 1.93. The van der Waals surface area contributed by atoms with Crippen LogP contribution in [-0.4, -0.2) is 11.8 Å². The topological polar surface area (TPSA) is 58.2 Å². The molecule has 0 saturated heterocycles. The molecule has 2 aromatic carbocycles. The molecule has 114 valence electrons. The highest BCUT2D eigenvalue weighted by atomic mass is 35.5. The number of carbonyl (C=O) groups excluding carboxylic acids is 2. The number of nitrogens with one attached hydrogen (secondary N) is 2. The average molecular weight is 317 g/mol. The molecular weight excluding hydrogens is 300 g/mol. The first-order chi connectivity index (χ1) is 10.5. The van der Waals surface area contributed by atoms with E-state index in [1.807, 2.05) is 30.3 Å². The van der Waals surface area contributed by atoms with E-state index in [0.717, 1.165) is 11.1 Å². The molecule has 0 saturated carbocycles. The minimum absolute atomic E-state index is 0.0802. The quantitative estimate of drug-likeness (QED) is 0.891. The first kappa shape index (κ1) is 16.0. The molecule has 0 aromatic heterocycles. The predicted molar refractivity (Wildman–Crippen MR) is 86.6 cm³/mol. The maximum Gasteiger partial charge on any atom is 0.251 e. The lowest BCUT2D eigenvalue weighted by Crippen LogP contribution is -2.23. The van der Waals surface area contributed by atoms with Crippen molar-refractivity contribution in [2.45, 2.75) is 20.0 Å². The van der Waals surface area contributed by atoms with Crippen LogP contribution in [0, 0.1) is 0 Å². The van der Waals surface area contributed by atoms with Crippen LogP contribution in [-0.2, 0) is 17.9 Å². The van der Waals surface area contributed by atoms with Gasteiger partial charge in [-0.05, 0) is 35.4 Å². The van der Waals surface area contributed by atoms with E-state index in [-0.39, 0.29) is 11.8 Å².